The second kappa shape index (κ2) is 9.86. The van der Waals surface area contributed by atoms with Crippen molar-refractivity contribution in [2.45, 2.75) is 0 Å². The van der Waals surface area contributed by atoms with Crippen LogP contribution in [0.2, 0.25) is 0 Å². The number of hydrogen-bond donors (Lipinski definition) is 0. The van der Waals surface area contributed by atoms with Gasteiger partial charge in [-0.1, -0.05) is 121 Å². The number of fused-ring (bicyclic) bond motifs is 8. The van der Waals surface area contributed by atoms with Crippen LogP contribution in [0.15, 0.2) is 168 Å². The van der Waals surface area contributed by atoms with E-state index in [-0.39, 0.29) is 0 Å². The molecule has 0 aliphatic heterocycles. The minimum atomic E-state index is 0.893. The van der Waals surface area contributed by atoms with E-state index in [9.17, 15) is 0 Å². The maximum Gasteiger partial charge on any atom is 0.135 e. The molecule has 9 aromatic rings. The van der Waals surface area contributed by atoms with Crippen molar-refractivity contribution < 1.29 is 4.42 Å². The molecule has 0 aliphatic rings. The van der Waals surface area contributed by atoms with E-state index in [2.05, 4.69) is 157 Å². The lowest BCUT2D eigenvalue weighted by atomic mass is 9.94. The van der Waals surface area contributed by atoms with Crippen LogP contribution in [0.3, 0.4) is 0 Å². The van der Waals surface area contributed by atoms with E-state index in [1.165, 1.54) is 43.4 Å². The summed E-state index contributed by atoms with van der Waals surface area (Å²) in [5, 5.41) is 9.73. The molecule has 44 heavy (non-hydrogen) atoms. The fourth-order valence-electron chi connectivity index (χ4n) is 6.76. The summed E-state index contributed by atoms with van der Waals surface area (Å²) in [5.74, 6) is 0. The van der Waals surface area contributed by atoms with Crippen molar-refractivity contribution in [3.63, 3.8) is 0 Å². The van der Waals surface area contributed by atoms with Gasteiger partial charge in [0.25, 0.3) is 0 Å². The monoisotopic (exact) mass is 561 g/mol. The third kappa shape index (κ3) is 3.89. The van der Waals surface area contributed by atoms with Gasteiger partial charge in [-0.2, -0.15) is 0 Å². The van der Waals surface area contributed by atoms with Crippen LogP contribution < -0.4 is 4.90 Å². The smallest absolute Gasteiger partial charge is 0.135 e. The highest BCUT2D eigenvalue weighted by Crippen LogP contribution is 2.45. The molecule has 2 nitrogen and oxygen atoms in total. The maximum absolute atomic E-state index is 6.21. The Kier molecular flexibility index (Phi) is 5.54. The van der Waals surface area contributed by atoms with Crippen LogP contribution in [0, 0.1) is 0 Å². The number of rotatable bonds is 4. The van der Waals surface area contributed by atoms with Gasteiger partial charge in [-0.3, -0.25) is 0 Å². The summed E-state index contributed by atoms with van der Waals surface area (Å²) in [6, 6.07) is 58.6. The molecule has 0 radical (unpaired) electrons. The van der Waals surface area contributed by atoms with Crippen LogP contribution in [-0.4, -0.2) is 0 Å². The summed E-state index contributed by atoms with van der Waals surface area (Å²) in [5.41, 5.74) is 7.53. The normalized spacial score (nSPS) is 11.6. The highest BCUT2D eigenvalue weighted by molar-refractivity contribution is 6.23. The minimum Gasteiger partial charge on any atom is -0.456 e. The van der Waals surface area contributed by atoms with Gasteiger partial charge in [0.2, 0.25) is 0 Å². The Bertz CT molecular complexity index is 2490. The van der Waals surface area contributed by atoms with Crippen molar-refractivity contribution in [2.24, 2.45) is 0 Å². The van der Waals surface area contributed by atoms with Gasteiger partial charge in [0, 0.05) is 27.5 Å². The van der Waals surface area contributed by atoms with E-state index in [1.807, 2.05) is 12.1 Å². The second-order valence-electron chi connectivity index (χ2n) is 11.4. The number of para-hydroxylation sites is 1. The largest absolute Gasteiger partial charge is 0.456 e. The number of furan rings is 1. The summed E-state index contributed by atoms with van der Waals surface area (Å²) in [6.45, 7) is 0. The number of benzene rings is 8. The SMILES string of the molecule is c1ccc(-c2ccc(N(c3ccc4oc5ccccc5c4c3)c3cc4ccc5ccccc5c4c4ccccc34)cc2)cc1. The Hall–Kier alpha value is -5.86. The molecule has 0 N–H and O–H groups in total. The lowest BCUT2D eigenvalue weighted by molar-refractivity contribution is 0.669. The maximum atomic E-state index is 6.21. The van der Waals surface area contributed by atoms with Crippen molar-refractivity contribution >= 4 is 71.3 Å². The van der Waals surface area contributed by atoms with Gasteiger partial charge in [-0.25, -0.2) is 0 Å². The third-order valence-corrected chi connectivity index (χ3v) is 8.82. The Balaban J connectivity index is 1.33. The Morgan fingerprint density at radius 3 is 1.82 bits per heavy atom. The average Bonchev–Trinajstić information content (AvgIpc) is 3.47. The van der Waals surface area contributed by atoms with E-state index < -0.39 is 0 Å². The lowest BCUT2D eigenvalue weighted by Crippen LogP contribution is -2.10. The topological polar surface area (TPSA) is 16.4 Å². The van der Waals surface area contributed by atoms with E-state index in [0.717, 1.165) is 39.0 Å². The predicted octanol–water partition coefficient (Wildman–Crippen LogP) is 12.2. The van der Waals surface area contributed by atoms with Gasteiger partial charge in [-0.05, 0) is 80.5 Å². The first-order valence-electron chi connectivity index (χ1n) is 15.0. The molecule has 1 heterocycles. The first-order valence-corrected chi connectivity index (χ1v) is 15.0. The molecule has 8 aromatic carbocycles. The van der Waals surface area contributed by atoms with Gasteiger partial charge in [0.15, 0.2) is 0 Å². The predicted molar refractivity (Wildman–Crippen MR) is 186 cm³/mol. The molecule has 0 aliphatic carbocycles. The molecule has 0 fully saturated rings. The number of nitrogens with zero attached hydrogens (tertiary/aromatic N) is 1. The number of hydrogen-bond acceptors (Lipinski definition) is 2. The molecule has 0 spiro atoms. The quantitative estimate of drug-likeness (QED) is 0.199. The molecule has 9 rings (SSSR count). The van der Waals surface area contributed by atoms with Crippen molar-refractivity contribution in [1.29, 1.82) is 0 Å². The molecule has 0 bridgehead atoms. The van der Waals surface area contributed by atoms with Gasteiger partial charge < -0.3 is 9.32 Å². The van der Waals surface area contributed by atoms with Crippen molar-refractivity contribution in [3.8, 4) is 11.1 Å². The lowest BCUT2D eigenvalue weighted by Gasteiger charge is -2.28. The fourth-order valence-corrected chi connectivity index (χ4v) is 6.76. The molecule has 1 aromatic heterocycles. The van der Waals surface area contributed by atoms with Crippen LogP contribution in [-0.2, 0) is 0 Å². The minimum absolute atomic E-state index is 0.893. The van der Waals surface area contributed by atoms with Crippen LogP contribution in [0.4, 0.5) is 17.1 Å². The Morgan fingerprint density at radius 2 is 0.977 bits per heavy atom. The fraction of sp³-hybridized carbons (Fsp3) is 0. The summed E-state index contributed by atoms with van der Waals surface area (Å²) < 4.78 is 6.21. The molecular formula is C42H27NO. The summed E-state index contributed by atoms with van der Waals surface area (Å²) in [4.78, 5) is 2.40. The summed E-state index contributed by atoms with van der Waals surface area (Å²) >= 11 is 0. The van der Waals surface area contributed by atoms with Crippen LogP contribution in [0.1, 0.15) is 0 Å². The van der Waals surface area contributed by atoms with Crippen LogP contribution in [0.25, 0.3) is 65.4 Å². The van der Waals surface area contributed by atoms with Gasteiger partial charge in [0.05, 0.1) is 5.69 Å². The highest BCUT2D eigenvalue weighted by atomic mass is 16.3. The molecular weight excluding hydrogens is 534 g/mol. The van der Waals surface area contributed by atoms with Crippen molar-refractivity contribution in [1.82, 2.24) is 0 Å². The first-order chi connectivity index (χ1) is 21.8. The molecule has 0 saturated heterocycles. The highest BCUT2D eigenvalue weighted by Gasteiger charge is 2.20. The first kappa shape index (κ1) is 24.7. The zero-order valence-electron chi connectivity index (χ0n) is 23.9. The molecule has 0 unspecified atom stereocenters. The molecule has 2 heteroatoms. The van der Waals surface area contributed by atoms with E-state index >= 15 is 0 Å². The van der Waals surface area contributed by atoms with Gasteiger partial charge in [0.1, 0.15) is 11.2 Å². The van der Waals surface area contributed by atoms with Crippen LogP contribution in [0.5, 0.6) is 0 Å². The zero-order chi connectivity index (χ0) is 29.0. The van der Waals surface area contributed by atoms with E-state index in [4.69, 9.17) is 4.42 Å². The molecule has 0 saturated carbocycles. The molecule has 206 valence electrons. The standard InChI is InChI=1S/C42H27NO/c1-2-10-28(11-3-1)29-20-22-32(23-21-29)43(33-24-25-41-38(27-33)36-15-8-9-17-40(36)44-41)39-26-31-19-18-30-12-4-5-13-34(30)42(31)37-16-7-6-14-35(37)39/h1-27H. The van der Waals surface area contributed by atoms with Gasteiger partial charge in [-0.15, -0.1) is 0 Å². The van der Waals surface area contributed by atoms with Crippen molar-refractivity contribution in [3.05, 3.63) is 164 Å². The zero-order valence-corrected chi connectivity index (χ0v) is 23.9. The van der Waals surface area contributed by atoms with Crippen LogP contribution >= 0.6 is 0 Å². The summed E-state index contributed by atoms with van der Waals surface area (Å²) in [7, 11) is 0. The summed E-state index contributed by atoms with van der Waals surface area (Å²) in [6.07, 6.45) is 0. The Morgan fingerprint density at radius 1 is 0.364 bits per heavy atom. The van der Waals surface area contributed by atoms with Crippen molar-refractivity contribution in [2.75, 3.05) is 4.90 Å². The second-order valence-corrected chi connectivity index (χ2v) is 11.4. The molecule has 0 amide bonds. The average molecular weight is 562 g/mol. The molecule has 0 atom stereocenters. The van der Waals surface area contributed by atoms with Gasteiger partial charge >= 0.3 is 0 Å². The Labute approximate surface area is 255 Å². The number of anilines is 3. The van der Waals surface area contributed by atoms with E-state index in [0.29, 0.717) is 0 Å². The van der Waals surface area contributed by atoms with E-state index in [1.54, 1.807) is 0 Å². The third-order valence-electron chi connectivity index (χ3n) is 8.82.